The molecule has 0 radical (unpaired) electrons. The van der Waals surface area contributed by atoms with E-state index >= 15 is 0 Å². The van der Waals surface area contributed by atoms with E-state index in [0.29, 0.717) is 55.2 Å². The number of alkyl halides is 3. The quantitative estimate of drug-likeness (QED) is 0.283. The molecule has 3 heterocycles. The lowest BCUT2D eigenvalue weighted by atomic mass is 9.78. The van der Waals surface area contributed by atoms with Crippen LogP contribution in [0.25, 0.3) is 10.9 Å². The van der Waals surface area contributed by atoms with E-state index in [0.717, 1.165) is 10.1 Å². The summed E-state index contributed by atoms with van der Waals surface area (Å²) in [6, 6.07) is 14.1. The first-order valence-corrected chi connectivity index (χ1v) is 15.4. The Morgan fingerprint density at radius 1 is 0.978 bits per heavy atom. The number of amides is 3. The molecule has 2 aliphatic heterocycles. The van der Waals surface area contributed by atoms with Crippen molar-refractivity contribution < 1.29 is 42.2 Å². The molecule has 2 aromatic carbocycles. The third-order valence-electron chi connectivity index (χ3n) is 9.78. The summed E-state index contributed by atoms with van der Waals surface area (Å²) in [6.45, 7) is -2.91. The lowest BCUT2D eigenvalue weighted by Crippen LogP contribution is -2.49. The number of likely N-dealkylation sites (tertiary alicyclic amines) is 1. The summed E-state index contributed by atoms with van der Waals surface area (Å²) < 4.78 is 47.4. The summed E-state index contributed by atoms with van der Waals surface area (Å²) in [5.74, 6) is -1.49. The van der Waals surface area contributed by atoms with Crippen molar-refractivity contribution in [1.82, 2.24) is 14.8 Å². The molecule has 1 aliphatic carbocycles. The van der Waals surface area contributed by atoms with Crippen molar-refractivity contribution >= 4 is 40.6 Å². The molecular formula is C33H35F3N4O6. The van der Waals surface area contributed by atoms with Gasteiger partial charge in [-0.2, -0.15) is 0 Å². The second-order valence-electron chi connectivity index (χ2n) is 12.4. The van der Waals surface area contributed by atoms with Gasteiger partial charge in [-0.3, -0.25) is 9.59 Å². The number of halogens is 3. The highest BCUT2D eigenvalue weighted by Crippen LogP contribution is 2.41. The lowest BCUT2D eigenvalue weighted by Gasteiger charge is -2.35. The molecule has 10 nitrogen and oxygen atoms in total. The molecule has 3 aromatic rings. The SMILES string of the molecule is O=C(O)N[C@H](CF)C1CCC(C(=O)N2CC[C@H](c3ccccc3)[C@H]2C(=O)Nc2ccc3cc4n(c3c2)C(=O)OC4(CF)CF)CC1. The minimum atomic E-state index is -2.01. The number of rotatable bonds is 9. The number of benzene rings is 2. The summed E-state index contributed by atoms with van der Waals surface area (Å²) >= 11 is 0. The van der Waals surface area contributed by atoms with Crippen LogP contribution < -0.4 is 10.6 Å². The highest BCUT2D eigenvalue weighted by molar-refractivity contribution is 6.01. The van der Waals surface area contributed by atoms with E-state index < -0.39 is 55.8 Å². The van der Waals surface area contributed by atoms with Gasteiger partial charge in [-0.15, -0.1) is 0 Å². The van der Waals surface area contributed by atoms with Crippen molar-refractivity contribution in [3.63, 3.8) is 0 Å². The summed E-state index contributed by atoms with van der Waals surface area (Å²) in [6.07, 6.45) is 0.226. The number of aromatic nitrogens is 1. The average molecular weight is 641 g/mol. The molecule has 244 valence electrons. The summed E-state index contributed by atoms with van der Waals surface area (Å²) in [5, 5.41) is 14.7. The van der Waals surface area contributed by atoms with E-state index in [2.05, 4.69) is 10.6 Å². The van der Waals surface area contributed by atoms with Gasteiger partial charge in [0.25, 0.3) is 0 Å². The van der Waals surface area contributed by atoms with Crippen LogP contribution >= 0.6 is 0 Å². The van der Waals surface area contributed by atoms with Gasteiger partial charge >= 0.3 is 12.2 Å². The first-order valence-electron chi connectivity index (χ1n) is 15.4. The molecule has 3 amide bonds. The number of anilines is 1. The molecule has 3 aliphatic rings. The van der Waals surface area contributed by atoms with E-state index in [-0.39, 0.29) is 29.4 Å². The number of hydrogen-bond donors (Lipinski definition) is 3. The molecule has 13 heteroatoms. The average Bonchev–Trinajstić information content (AvgIpc) is 3.76. The van der Waals surface area contributed by atoms with Gasteiger partial charge in [0.1, 0.15) is 26.1 Å². The van der Waals surface area contributed by atoms with Crippen LogP contribution in [0.5, 0.6) is 0 Å². The first kappa shape index (κ1) is 31.4. The third-order valence-corrected chi connectivity index (χ3v) is 9.78. The van der Waals surface area contributed by atoms with Gasteiger partial charge in [-0.25, -0.2) is 27.3 Å². The Balaban J connectivity index is 1.24. The Hall–Kier alpha value is -4.55. The number of nitrogens with zero attached hydrogens (tertiary/aromatic N) is 2. The number of ether oxygens (including phenoxy) is 1. The Kier molecular flexibility index (Phi) is 8.67. The van der Waals surface area contributed by atoms with Crippen LogP contribution in [0.3, 0.4) is 0 Å². The van der Waals surface area contributed by atoms with Gasteiger partial charge in [0.15, 0.2) is 0 Å². The summed E-state index contributed by atoms with van der Waals surface area (Å²) in [7, 11) is 0. The Morgan fingerprint density at radius 2 is 1.70 bits per heavy atom. The minimum absolute atomic E-state index is 0.0592. The maximum absolute atomic E-state index is 14.0. The molecule has 1 saturated heterocycles. The van der Waals surface area contributed by atoms with E-state index in [4.69, 9.17) is 9.84 Å². The van der Waals surface area contributed by atoms with Crippen LogP contribution in [0.15, 0.2) is 54.6 Å². The number of carboxylic acid groups (broad SMARTS) is 1. The highest BCUT2D eigenvalue weighted by atomic mass is 19.1. The van der Waals surface area contributed by atoms with Crippen molar-refractivity contribution in [2.75, 3.05) is 31.9 Å². The predicted octanol–water partition coefficient (Wildman–Crippen LogP) is 5.51. The molecule has 6 rings (SSSR count). The largest absolute Gasteiger partial charge is 0.465 e. The zero-order valence-corrected chi connectivity index (χ0v) is 25.0. The van der Waals surface area contributed by atoms with Crippen molar-refractivity contribution in [2.24, 2.45) is 11.8 Å². The predicted molar refractivity (Wildman–Crippen MR) is 162 cm³/mol. The number of fused-ring (bicyclic) bond motifs is 3. The Morgan fingerprint density at radius 3 is 2.35 bits per heavy atom. The van der Waals surface area contributed by atoms with Gasteiger partial charge in [-0.1, -0.05) is 36.4 Å². The molecule has 0 spiro atoms. The van der Waals surface area contributed by atoms with Gasteiger partial charge in [0.2, 0.25) is 17.4 Å². The second-order valence-corrected chi connectivity index (χ2v) is 12.4. The maximum Gasteiger partial charge on any atom is 0.419 e. The number of nitrogens with one attached hydrogen (secondary N) is 2. The minimum Gasteiger partial charge on any atom is -0.465 e. The Labute approximate surface area is 262 Å². The fourth-order valence-electron chi connectivity index (χ4n) is 7.38. The highest BCUT2D eigenvalue weighted by Gasteiger charge is 2.48. The third kappa shape index (κ3) is 5.56. The number of carbonyl (C=O) groups excluding carboxylic acids is 3. The monoisotopic (exact) mass is 640 g/mol. The van der Waals surface area contributed by atoms with Crippen LogP contribution in [0, 0.1) is 11.8 Å². The topological polar surface area (TPSA) is 130 Å². The summed E-state index contributed by atoms with van der Waals surface area (Å²) in [5.41, 5.74) is -0.390. The molecule has 3 atom stereocenters. The molecular weight excluding hydrogens is 605 g/mol. The molecule has 0 bridgehead atoms. The van der Waals surface area contributed by atoms with Crippen molar-refractivity contribution in [3.05, 3.63) is 65.9 Å². The van der Waals surface area contributed by atoms with Crippen LogP contribution in [0.4, 0.5) is 28.4 Å². The smallest absolute Gasteiger partial charge is 0.419 e. The molecule has 0 unspecified atom stereocenters. The molecule has 46 heavy (non-hydrogen) atoms. The molecule has 1 aromatic heterocycles. The van der Waals surface area contributed by atoms with Gasteiger partial charge in [-0.05, 0) is 61.8 Å². The number of cyclic esters (lactones) is 1. The van der Waals surface area contributed by atoms with Crippen LogP contribution in [0.2, 0.25) is 0 Å². The van der Waals surface area contributed by atoms with Crippen LogP contribution in [-0.4, -0.2) is 77.2 Å². The van der Waals surface area contributed by atoms with E-state index in [1.54, 1.807) is 17.0 Å². The van der Waals surface area contributed by atoms with E-state index in [1.165, 1.54) is 12.1 Å². The standard InChI is InChI=1S/C33H35F3N4O6/c34-16-25(38-31(43)44)20-6-8-21(9-7-20)30(42)39-13-12-24(19-4-2-1-3-5-19)28(39)29(41)37-23-11-10-22-14-27-33(17-35,18-36)46-32(45)40(27)26(22)15-23/h1-5,10-11,14-15,20-21,24-25,28,38H,6-9,12-13,16-18H2,(H,37,41)(H,43,44)/t20?,21?,24-,25-,28+/m1/s1. The zero-order chi connectivity index (χ0) is 32.6. The second kappa shape index (κ2) is 12.7. The lowest BCUT2D eigenvalue weighted by molar-refractivity contribution is -0.141. The van der Waals surface area contributed by atoms with Gasteiger partial charge in [0.05, 0.1) is 17.3 Å². The normalized spacial score (nSPS) is 24.3. The van der Waals surface area contributed by atoms with Crippen molar-refractivity contribution in [1.29, 1.82) is 0 Å². The van der Waals surface area contributed by atoms with Crippen molar-refractivity contribution in [2.45, 2.75) is 55.7 Å². The fourth-order valence-corrected chi connectivity index (χ4v) is 7.38. The fraction of sp³-hybridized carbons (Fsp3) is 0.455. The van der Waals surface area contributed by atoms with Crippen molar-refractivity contribution in [3.8, 4) is 0 Å². The summed E-state index contributed by atoms with van der Waals surface area (Å²) in [4.78, 5) is 53.3. The number of carbonyl (C=O) groups is 4. The molecule has 1 saturated carbocycles. The number of hydrogen-bond acceptors (Lipinski definition) is 5. The van der Waals surface area contributed by atoms with Crippen LogP contribution in [-0.2, 0) is 19.9 Å². The first-order chi connectivity index (χ1) is 22.2. The van der Waals surface area contributed by atoms with Gasteiger partial charge in [0, 0.05) is 29.5 Å². The van der Waals surface area contributed by atoms with E-state index in [9.17, 15) is 32.3 Å². The van der Waals surface area contributed by atoms with Gasteiger partial charge < -0.3 is 25.4 Å². The van der Waals surface area contributed by atoms with E-state index in [1.807, 2.05) is 30.3 Å². The van der Waals surface area contributed by atoms with Crippen LogP contribution in [0.1, 0.15) is 49.3 Å². The zero-order valence-electron chi connectivity index (χ0n) is 25.0. The molecule has 2 fully saturated rings. The molecule has 3 N–H and O–H groups in total. The maximum atomic E-state index is 14.0. The Bertz CT molecular complexity index is 1640.